The summed E-state index contributed by atoms with van der Waals surface area (Å²) in [6.45, 7) is 7.10. The highest BCUT2D eigenvalue weighted by Gasteiger charge is 2.31. The molecular formula is C24H30O3. The lowest BCUT2D eigenvalue weighted by Crippen LogP contribution is -2.33. The molecule has 1 aliphatic heterocycles. The highest BCUT2D eigenvalue weighted by molar-refractivity contribution is 5.50. The van der Waals surface area contributed by atoms with Crippen LogP contribution in [-0.2, 0) is 19.3 Å². The van der Waals surface area contributed by atoms with Gasteiger partial charge in [-0.15, -0.1) is 0 Å². The number of hydrogen-bond donors (Lipinski definition) is 1. The van der Waals surface area contributed by atoms with E-state index in [-0.39, 0.29) is 5.60 Å². The van der Waals surface area contributed by atoms with E-state index in [1.54, 1.807) is 6.07 Å². The fourth-order valence-electron chi connectivity index (χ4n) is 4.50. The third-order valence-electron chi connectivity index (χ3n) is 5.97. The number of phenolic OH excluding ortho intramolecular Hbond substituents is 1. The summed E-state index contributed by atoms with van der Waals surface area (Å²) < 4.78 is 11.8. The van der Waals surface area contributed by atoms with Gasteiger partial charge in [-0.3, -0.25) is 0 Å². The summed E-state index contributed by atoms with van der Waals surface area (Å²) in [5.74, 6) is 2.55. The van der Waals surface area contributed by atoms with Crippen LogP contribution in [0.2, 0.25) is 0 Å². The molecule has 1 aliphatic carbocycles. The minimum absolute atomic E-state index is 0.0637. The van der Waals surface area contributed by atoms with Crippen molar-refractivity contribution in [2.24, 2.45) is 0 Å². The Morgan fingerprint density at radius 2 is 2.00 bits per heavy atom. The molecular weight excluding hydrogens is 336 g/mol. The largest absolute Gasteiger partial charge is 0.508 e. The van der Waals surface area contributed by atoms with Gasteiger partial charge in [0.15, 0.2) is 0 Å². The molecule has 0 saturated heterocycles. The molecule has 4 rings (SSSR count). The molecule has 0 spiro atoms. The van der Waals surface area contributed by atoms with Crippen molar-refractivity contribution in [3.05, 3.63) is 52.6 Å². The van der Waals surface area contributed by atoms with Gasteiger partial charge in [-0.2, -0.15) is 0 Å². The van der Waals surface area contributed by atoms with E-state index in [1.807, 2.05) is 12.1 Å². The zero-order chi connectivity index (χ0) is 19.0. The first-order valence-electron chi connectivity index (χ1n) is 10.2. The minimum Gasteiger partial charge on any atom is -0.508 e. The van der Waals surface area contributed by atoms with Crippen molar-refractivity contribution in [2.75, 3.05) is 6.61 Å². The second kappa shape index (κ2) is 7.10. The van der Waals surface area contributed by atoms with E-state index in [0.717, 1.165) is 55.6 Å². The maximum Gasteiger partial charge on any atom is 0.123 e. The Labute approximate surface area is 162 Å². The Morgan fingerprint density at radius 1 is 1.15 bits per heavy atom. The molecule has 0 radical (unpaired) electrons. The van der Waals surface area contributed by atoms with Crippen molar-refractivity contribution in [3.63, 3.8) is 0 Å². The molecule has 1 unspecified atom stereocenters. The van der Waals surface area contributed by atoms with Crippen LogP contribution in [-0.4, -0.2) is 17.3 Å². The smallest absolute Gasteiger partial charge is 0.123 e. The third kappa shape index (κ3) is 3.65. The number of fused-ring (bicyclic) bond motifs is 3. The minimum atomic E-state index is -0.0637. The number of hydrogen-bond acceptors (Lipinski definition) is 3. The zero-order valence-electron chi connectivity index (χ0n) is 16.7. The molecule has 0 saturated carbocycles. The van der Waals surface area contributed by atoms with Gasteiger partial charge in [-0.05, 0) is 92.7 Å². The number of ether oxygens (including phenoxy) is 2. The lowest BCUT2D eigenvalue weighted by Gasteiger charge is -2.36. The van der Waals surface area contributed by atoms with Crippen LogP contribution >= 0.6 is 0 Å². The van der Waals surface area contributed by atoms with E-state index < -0.39 is 0 Å². The van der Waals surface area contributed by atoms with Crippen molar-refractivity contribution < 1.29 is 14.6 Å². The van der Waals surface area contributed by atoms with Gasteiger partial charge in [0.2, 0.25) is 0 Å². The van der Waals surface area contributed by atoms with Gasteiger partial charge in [-0.1, -0.05) is 19.1 Å². The van der Waals surface area contributed by atoms with E-state index in [2.05, 4.69) is 32.9 Å². The second-order valence-electron chi connectivity index (χ2n) is 8.55. The highest BCUT2D eigenvalue weighted by atomic mass is 16.5. The molecule has 0 fully saturated rings. The Bertz CT molecular complexity index is 838. The summed E-state index contributed by atoms with van der Waals surface area (Å²) in [5.41, 5.74) is 5.30. The van der Waals surface area contributed by atoms with Gasteiger partial charge < -0.3 is 14.6 Å². The monoisotopic (exact) mass is 366 g/mol. The van der Waals surface area contributed by atoms with Crippen molar-refractivity contribution in [1.82, 2.24) is 0 Å². The van der Waals surface area contributed by atoms with Gasteiger partial charge in [0.05, 0.1) is 6.61 Å². The molecule has 144 valence electrons. The molecule has 27 heavy (non-hydrogen) atoms. The summed E-state index contributed by atoms with van der Waals surface area (Å²) in [5, 5.41) is 10.5. The first-order chi connectivity index (χ1) is 13.0. The van der Waals surface area contributed by atoms with E-state index in [0.29, 0.717) is 18.3 Å². The Hall–Kier alpha value is -2.16. The number of aromatic hydroxyl groups is 1. The zero-order valence-corrected chi connectivity index (χ0v) is 16.7. The first kappa shape index (κ1) is 18.2. The quantitative estimate of drug-likeness (QED) is 0.770. The predicted molar refractivity (Wildman–Crippen MR) is 108 cm³/mol. The van der Waals surface area contributed by atoms with Crippen molar-refractivity contribution in [2.45, 2.75) is 70.8 Å². The molecule has 3 heteroatoms. The maximum absolute atomic E-state index is 10.5. The van der Waals surface area contributed by atoms with Gasteiger partial charge in [0.25, 0.3) is 0 Å². The number of benzene rings is 2. The predicted octanol–water partition coefficient (Wildman–Crippen LogP) is 5.56. The lowest BCUT2D eigenvalue weighted by atomic mass is 9.76. The molecule has 1 N–H and O–H groups in total. The second-order valence-corrected chi connectivity index (χ2v) is 8.55. The molecule has 2 aromatic carbocycles. The molecule has 3 nitrogen and oxygen atoms in total. The SMILES string of the molecule is CCCOc1ccc(C2CCc3c(ccc4c3CCC(C)(C)O4)C2)c(O)c1. The Kier molecular flexibility index (Phi) is 4.79. The molecule has 0 aromatic heterocycles. The first-order valence-corrected chi connectivity index (χ1v) is 10.2. The van der Waals surface area contributed by atoms with Crippen LogP contribution in [0.5, 0.6) is 17.2 Å². The van der Waals surface area contributed by atoms with Crippen LogP contribution in [0.4, 0.5) is 0 Å². The summed E-state index contributed by atoms with van der Waals surface area (Å²) >= 11 is 0. The van der Waals surface area contributed by atoms with Crippen LogP contribution in [0.1, 0.15) is 68.2 Å². The van der Waals surface area contributed by atoms with Gasteiger partial charge in [-0.25, -0.2) is 0 Å². The van der Waals surface area contributed by atoms with Crippen molar-refractivity contribution in [1.29, 1.82) is 0 Å². The topological polar surface area (TPSA) is 38.7 Å². The average molecular weight is 367 g/mol. The maximum atomic E-state index is 10.5. The fraction of sp³-hybridized carbons (Fsp3) is 0.500. The van der Waals surface area contributed by atoms with Crippen LogP contribution in [0.3, 0.4) is 0 Å². The molecule has 1 heterocycles. The van der Waals surface area contributed by atoms with Crippen molar-refractivity contribution >= 4 is 0 Å². The van der Waals surface area contributed by atoms with Gasteiger partial charge in [0.1, 0.15) is 22.8 Å². The van der Waals surface area contributed by atoms with Gasteiger partial charge >= 0.3 is 0 Å². The normalized spacial score (nSPS) is 20.3. The van der Waals surface area contributed by atoms with E-state index in [9.17, 15) is 5.11 Å². The molecule has 0 amide bonds. The third-order valence-corrected chi connectivity index (χ3v) is 5.97. The Morgan fingerprint density at radius 3 is 2.78 bits per heavy atom. The summed E-state index contributed by atoms with van der Waals surface area (Å²) in [7, 11) is 0. The Balaban J connectivity index is 1.56. The summed E-state index contributed by atoms with van der Waals surface area (Å²) in [6.07, 6.45) is 6.24. The number of rotatable bonds is 4. The summed E-state index contributed by atoms with van der Waals surface area (Å²) in [4.78, 5) is 0. The lowest BCUT2D eigenvalue weighted by molar-refractivity contribution is 0.0842. The van der Waals surface area contributed by atoms with Crippen LogP contribution in [0, 0.1) is 0 Å². The molecule has 2 aliphatic rings. The molecule has 0 bridgehead atoms. The van der Waals surface area contributed by atoms with Crippen molar-refractivity contribution in [3.8, 4) is 17.2 Å². The molecule has 1 atom stereocenters. The van der Waals surface area contributed by atoms with Crippen LogP contribution < -0.4 is 9.47 Å². The van der Waals surface area contributed by atoms with Gasteiger partial charge in [0, 0.05) is 6.07 Å². The van der Waals surface area contributed by atoms with E-state index in [1.165, 1.54) is 16.7 Å². The van der Waals surface area contributed by atoms with E-state index in [4.69, 9.17) is 9.47 Å². The highest BCUT2D eigenvalue weighted by Crippen LogP contribution is 2.43. The fourth-order valence-corrected chi connectivity index (χ4v) is 4.50. The summed E-state index contributed by atoms with van der Waals surface area (Å²) in [6, 6.07) is 10.2. The standard InChI is InChI=1S/C24H30O3/c1-4-13-26-18-7-9-20(22(25)15-18)17-5-8-19-16(14-17)6-10-23-21(19)11-12-24(2,3)27-23/h6-7,9-10,15,17,25H,4-5,8,11-14H2,1-3H3. The molecule has 2 aromatic rings. The average Bonchev–Trinajstić information content (AvgIpc) is 2.65. The van der Waals surface area contributed by atoms with Crippen LogP contribution in [0.15, 0.2) is 30.3 Å². The van der Waals surface area contributed by atoms with Crippen LogP contribution in [0.25, 0.3) is 0 Å². The number of phenols is 1. The van der Waals surface area contributed by atoms with E-state index >= 15 is 0 Å².